The van der Waals surface area contributed by atoms with Gasteiger partial charge in [-0.3, -0.25) is 18.9 Å². The number of imidazole rings is 1. The van der Waals surface area contributed by atoms with Crippen LogP contribution in [0.3, 0.4) is 0 Å². The molecule has 0 bridgehead atoms. The van der Waals surface area contributed by atoms with Gasteiger partial charge >= 0.3 is 11.9 Å². The van der Waals surface area contributed by atoms with Gasteiger partial charge in [0.15, 0.2) is 5.65 Å². The summed E-state index contributed by atoms with van der Waals surface area (Å²) in [7, 11) is 1.69. The molecule has 1 aliphatic rings. The van der Waals surface area contributed by atoms with Crippen molar-refractivity contribution in [1.29, 1.82) is 0 Å². The summed E-state index contributed by atoms with van der Waals surface area (Å²) in [6, 6.07) is 4.41. The highest BCUT2D eigenvalue weighted by Crippen LogP contribution is 2.32. The van der Waals surface area contributed by atoms with Crippen LogP contribution in [-0.4, -0.2) is 43.0 Å². The minimum atomic E-state index is -4.62. The van der Waals surface area contributed by atoms with Crippen molar-refractivity contribution in [3.05, 3.63) is 58.4 Å². The second-order valence-electron chi connectivity index (χ2n) is 7.45. The largest absolute Gasteiger partial charge is 0.417 e. The molecule has 1 amide bonds. The molecule has 0 atom stereocenters. The summed E-state index contributed by atoms with van der Waals surface area (Å²) in [5, 5.41) is 0. The van der Waals surface area contributed by atoms with E-state index >= 15 is 0 Å². The number of alkyl halides is 3. The molecule has 1 fully saturated rings. The number of aromatic nitrogens is 4. The van der Waals surface area contributed by atoms with Crippen molar-refractivity contribution in [3.63, 3.8) is 0 Å². The molecule has 0 N–H and O–H groups in total. The first kappa shape index (κ1) is 20.1. The van der Waals surface area contributed by atoms with Crippen LogP contribution in [0.15, 0.2) is 41.6 Å². The van der Waals surface area contributed by atoms with Crippen molar-refractivity contribution < 1.29 is 18.0 Å². The molecule has 0 aliphatic carbocycles. The number of hydrogen-bond acceptors (Lipinski definition) is 4. The summed E-state index contributed by atoms with van der Waals surface area (Å²) in [4.78, 5) is 34.7. The summed E-state index contributed by atoms with van der Waals surface area (Å²) in [5.41, 5.74) is -0.219. The SMILES string of the molecule is Cn1c(=O)n(CC2CCN(C(=O)c3cnccc3C(F)(F)F)CC2)c2ncccc21. The van der Waals surface area contributed by atoms with Gasteiger partial charge in [-0.05, 0) is 37.0 Å². The monoisotopic (exact) mass is 419 g/mol. The molecule has 7 nitrogen and oxygen atoms in total. The zero-order valence-corrected chi connectivity index (χ0v) is 16.3. The highest BCUT2D eigenvalue weighted by Gasteiger charge is 2.37. The van der Waals surface area contributed by atoms with Crippen molar-refractivity contribution in [3.8, 4) is 0 Å². The van der Waals surface area contributed by atoms with Gasteiger partial charge in [0.2, 0.25) is 0 Å². The minimum absolute atomic E-state index is 0.121. The number of amides is 1. The van der Waals surface area contributed by atoms with Gasteiger partial charge in [0.1, 0.15) is 0 Å². The Labute approximate surface area is 169 Å². The fourth-order valence-electron chi connectivity index (χ4n) is 3.96. The van der Waals surface area contributed by atoms with Crippen LogP contribution in [0.25, 0.3) is 11.2 Å². The van der Waals surface area contributed by atoms with Crippen LogP contribution in [0.5, 0.6) is 0 Å². The molecule has 0 unspecified atom stereocenters. The fourth-order valence-corrected chi connectivity index (χ4v) is 3.96. The Kier molecular flexibility index (Phi) is 5.08. The molecule has 10 heteroatoms. The molecule has 3 aromatic rings. The van der Waals surface area contributed by atoms with Crippen molar-refractivity contribution in [1.82, 2.24) is 24.0 Å². The second-order valence-corrected chi connectivity index (χ2v) is 7.45. The Morgan fingerprint density at radius 2 is 1.93 bits per heavy atom. The van der Waals surface area contributed by atoms with Gasteiger partial charge in [-0.15, -0.1) is 0 Å². The molecule has 0 aromatic carbocycles. The Morgan fingerprint density at radius 3 is 2.63 bits per heavy atom. The lowest BCUT2D eigenvalue weighted by Gasteiger charge is -2.32. The number of aryl methyl sites for hydroxylation is 1. The first-order chi connectivity index (χ1) is 14.3. The van der Waals surface area contributed by atoms with Crippen molar-refractivity contribution in [2.75, 3.05) is 13.1 Å². The average Bonchev–Trinajstić information content (AvgIpc) is 2.98. The van der Waals surface area contributed by atoms with Gasteiger partial charge in [0.25, 0.3) is 5.91 Å². The topological polar surface area (TPSA) is 73.0 Å². The van der Waals surface area contributed by atoms with E-state index in [2.05, 4.69) is 9.97 Å². The lowest BCUT2D eigenvalue weighted by Crippen LogP contribution is -2.40. The van der Waals surface area contributed by atoms with Crippen LogP contribution >= 0.6 is 0 Å². The molecular weight excluding hydrogens is 399 g/mol. The van der Waals surface area contributed by atoms with Crippen molar-refractivity contribution >= 4 is 17.1 Å². The highest BCUT2D eigenvalue weighted by molar-refractivity contribution is 5.95. The van der Waals surface area contributed by atoms with E-state index in [9.17, 15) is 22.8 Å². The summed E-state index contributed by atoms with van der Waals surface area (Å²) in [5.74, 6) is -0.548. The standard InChI is InChI=1S/C20H20F3N5O2/c1-26-16-3-2-7-25-17(16)28(19(26)30)12-13-5-9-27(10-6-13)18(29)14-11-24-8-4-15(14)20(21,22)23/h2-4,7-8,11,13H,5-6,9-10,12H2,1H3. The molecule has 0 spiro atoms. The number of halogens is 3. The second kappa shape index (κ2) is 7.58. The summed E-state index contributed by atoms with van der Waals surface area (Å²) >= 11 is 0. The number of piperidine rings is 1. The first-order valence-corrected chi connectivity index (χ1v) is 9.58. The van der Waals surface area contributed by atoms with Gasteiger partial charge < -0.3 is 4.90 Å². The third kappa shape index (κ3) is 3.57. The number of fused-ring (bicyclic) bond motifs is 1. The van der Waals surface area contributed by atoms with Crippen LogP contribution in [0.1, 0.15) is 28.8 Å². The molecular formula is C20H20F3N5O2. The molecule has 1 saturated heterocycles. The summed E-state index contributed by atoms with van der Waals surface area (Å²) < 4.78 is 42.8. The molecule has 30 heavy (non-hydrogen) atoms. The number of carbonyl (C=O) groups is 1. The Bertz CT molecular complexity index is 1140. The van der Waals surface area contributed by atoms with E-state index in [1.807, 2.05) is 6.07 Å². The number of rotatable bonds is 3. The first-order valence-electron chi connectivity index (χ1n) is 9.58. The third-order valence-electron chi connectivity index (χ3n) is 5.60. The number of likely N-dealkylation sites (tertiary alicyclic amines) is 1. The Balaban J connectivity index is 1.48. The smallest absolute Gasteiger partial charge is 0.339 e. The number of carbonyl (C=O) groups excluding carboxylic acids is 1. The minimum Gasteiger partial charge on any atom is -0.339 e. The van der Waals surface area contributed by atoms with Crippen LogP contribution in [0, 0.1) is 5.92 Å². The maximum Gasteiger partial charge on any atom is 0.417 e. The predicted octanol–water partition coefficient (Wildman–Crippen LogP) is 2.70. The quantitative estimate of drug-likeness (QED) is 0.655. The maximum atomic E-state index is 13.2. The summed E-state index contributed by atoms with van der Waals surface area (Å²) in [6.45, 7) is 1.10. The number of nitrogens with zero attached hydrogens (tertiary/aromatic N) is 5. The molecule has 0 saturated carbocycles. The lowest BCUT2D eigenvalue weighted by atomic mass is 9.96. The van der Waals surface area contributed by atoms with E-state index in [0.29, 0.717) is 38.1 Å². The van der Waals surface area contributed by atoms with Crippen LogP contribution in [-0.2, 0) is 19.8 Å². The zero-order chi connectivity index (χ0) is 21.5. The van der Waals surface area contributed by atoms with E-state index in [-0.39, 0.29) is 11.6 Å². The maximum absolute atomic E-state index is 13.2. The van der Waals surface area contributed by atoms with E-state index in [0.717, 1.165) is 24.0 Å². The van der Waals surface area contributed by atoms with Crippen LogP contribution in [0.4, 0.5) is 13.2 Å². The van der Waals surface area contributed by atoms with E-state index in [1.54, 1.807) is 28.4 Å². The zero-order valence-electron chi connectivity index (χ0n) is 16.3. The molecule has 4 heterocycles. The van der Waals surface area contributed by atoms with Crippen LogP contribution < -0.4 is 5.69 Å². The fraction of sp³-hybridized carbons (Fsp3) is 0.400. The number of hydrogen-bond donors (Lipinski definition) is 0. The predicted molar refractivity (Wildman–Crippen MR) is 103 cm³/mol. The summed E-state index contributed by atoms with van der Waals surface area (Å²) in [6.07, 6.45) is 0.187. The number of pyridine rings is 2. The molecule has 0 radical (unpaired) electrons. The molecule has 1 aliphatic heterocycles. The Hall–Kier alpha value is -3.17. The normalized spacial score (nSPS) is 15.7. The Morgan fingerprint density at radius 1 is 1.20 bits per heavy atom. The lowest BCUT2D eigenvalue weighted by molar-refractivity contribution is -0.138. The van der Waals surface area contributed by atoms with Gasteiger partial charge in [-0.2, -0.15) is 13.2 Å². The molecule has 158 valence electrons. The van der Waals surface area contributed by atoms with Gasteiger partial charge in [-0.25, -0.2) is 9.78 Å². The molecule has 4 rings (SSSR count). The van der Waals surface area contributed by atoms with E-state index < -0.39 is 23.2 Å². The average molecular weight is 419 g/mol. The van der Waals surface area contributed by atoms with E-state index in [4.69, 9.17) is 0 Å². The van der Waals surface area contributed by atoms with Crippen LogP contribution in [0.2, 0.25) is 0 Å². The van der Waals surface area contributed by atoms with E-state index in [1.165, 1.54) is 4.90 Å². The van der Waals surface area contributed by atoms with Gasteiger partial charge in [0.05, 0.1) is 16.6 Å². The highest BCUT2D eigenvalue weighted by atomic mass is 19.4. The van der Waals surface area contributed by atoms with Crippen molar-refractivity contribution in [2.24, 2.45) is 13.0 Å². The van der Waals surface area contributed by atoms with Gasteiger partial charge in [0, 0.05) is 45.3 Å². The third-order valence-corrected chi connectivity index (χ3v) is 5.60. The molecule has 3 aromatic heterocycles. The van der Waals surface area contributed by atoms with Crippen molar-refractivity contribution in [2.45, 2.75) is 25.6 Å². The van der Waals surface area contributed by atoms with Gasteiger partial charge in [-0.1, -0.05) is 0 Å².